The van der Waals surface area contributed by atoms with Crippen molar-refractivity contribution in [3.05, 3.63) is 83.3 Å². The Morgan fingerprint density at radius 1 is 0.944 bits per heavy atom. The van der Waals surface area contributed by atoms with Crippen molar-refractivity contribution < 1.29 is 4.79 Å². The van der Waals surface area contributed by atoms with E-state index in [1.54, 1.807) is 17.8 Å². The largest absolute Gasteiger partial charge is 0.289 e. The molecule has 2 aromatic rings. The molecule has 0 aliphatic rings. The Morgan fingerprint density at radius 3 is 2.22 bits per heavy atom. The molecular formula is C16H14OS. The number of carbonyl (C=O) groups excluding carboxylic acids is 1. The van der Waals surface area contributed by atoms with E-state index >= 15 is 0 Å². The molecule has 2 heteroatoms. The number of benzene rings is 2. The average molecular weight is 254 g/mol. The third-order valence-electron chi connectivity index (χ3n) is 2.47. The van der Waals surface area contributed by atoms with Gasteiger partial charge in [0.05, 0.1) is 0 Å². The minimum Gasteiger partial charge on any atom is -0.289 e. The number of hydrogen-bond acceptors (Lipinski definition) is 2. The molecule has 0 unspecified atom stereocenters. The molecule has 0 aliphatic heterocycles. The molecule has 0 atom stereocenters. The Kier molecular flexibility index (Phi) is 4.79. The summed E-state index contributed by atoms with van der Waals surface area (Å²) < 4.78 is 0. The van der Waals surface area contributed by atoms with Crippen LogP contribution in [0.1, 0.15) is 15.9 Å². The van der Waals surface area contributed by atoms with Gasteiger partial charge in [0.15, 0.2) is 5.78 Å². The van der Waals surface area contributed by atoms with Crippen LogP contribution in [0.4, 0.5) is 0 Å². The van der Waals surface area contributed by atoms with Gasteiger partial charge in [-0.1, -0.05) is 60.7 Å². The quantitative estimate of drug-likeness (QED) is 0.584. The molecule has 2 aromatic carbocycles. The van der Waals surface area contributed by atoms with Crippen LogP contribution >= 0.6 is 11.8 Å². The summed E-state index contributed by atoms with van der Waals surface area (Å²) in [4.78, 5) is 11.8. The van der Waals surface area contributed by atoms with Crippen LogP contribution in [0.5, 0.6) is 0 Å². The van der Waals surface area contributed by atoms with Gasteiger partial charge in [0.1, 0.15) is 0 Å². The maximum Gasteiger partial charge on any atom is 0.186 e. The fourth-order valence-electron chi connectivity index (χ4n) is 1.53. The van der Waals surface area contributed by atoms with Crippen molar-refractivity contribution in [2.45, 2.75) is 5.75 Å². The van der Waals surface area contributed by atoms with E-state index in [1.165, 1.54) is 5.56 Å². The lowest BCUT2D eigenvalue weighted by molar-refractivity contribution is 0.104. The minimum absolute atomic E-state index is 0.0520. The first kappa shape index (κ1) is 12.7. The van der Waals surface area contributed by atoms with E-state index in [0.717, 1.165) is 11.3 Å². The molecule has 18 heavy (non-hydrogen) atoms. The summed E-state index contributed by atoms with van der Waals surface area (Å²) in [5.41, 5.74) is 1.99. The van der Waals surface area contributed by atoms with E-state index in [9.17, 15) is 4.79 Å². The summed E-state index contributed by atoms with van der Waals surface area (Å²) in [5.74, 6) is 0.940. The minimum atomic E-state index is 0.0520. The van der Waals surface area contributed by atoms with Crippen molar-refractivity contribution in [2.75, 3.05) is 0 Å². The lowest BCUT2D eigenvalue weighted by Crippen LogP contribution is -1.92. The van der Waals surface area contributed by atoms with Gasteiger partial charge in [0.25, 0.3) is 0 Å². The number of hydrogen-bond donors (Lipinski definition) is 0. The lowest BCUT2D eigenvalue weighted by atomic mass is 10.1. The topological polar surface area (TPSA) is 17.1 Å². The van der Waals surface area contributed by atoms with Crippen LogP contribution in [-0.2, 0) is 5.75 Å². The molecule has 0 N–H and O–H groups in total. The number of thioether (sulfide) groups is 1. The fraction of sp³-hybridized carbons (Fsp3) is 0.0625. The summed E-state index contributed by atoms with van der Waals surface area (Å²) in [5, 5.41) is 1.86. The van der Waals surface area contributed by atoms with E-state index in [0.29, 0.717) is 0 Å². The van der Waals surface area contributed by atoms with Gasteiger partial charge in [0.2, 0.25) is 0 Å². The van der Waals surface area contributed by atoms with Gasteiger partial charge in [0, 0.05) is 11.3 Å². The van der Waals surface area contributed by atoms with E-state index in [2.05, 4.69) is 12.1 Å². The Balaban J connectivity index is 1.84. The molecule has 0 radical (unpaired) electrons. The Morgan fingerprint density at radius 2 is 1.56 bits per heavy atom. The SMILES string of the molecule is O=C(/C=C/SCc1ccccc1)c1ccccc1. The van der Waals surface area contributed by atoms with Gasteiger partial charge < -0.3 is 0 Å². The second-order valence-electron chi connectivity index (χ2n) is 3.83. The van der Waals surface area contributed by atoms with E-state index in [-0.39, 0.29) is 5.78 Å². The average Bonchev–Trinajstić information content (AvgIpc) is 2.45. The summed E-state index contributed by atoms with van der Waals surface area (Å²) in [6, 6.07) is 19.5. The van der Waals surface area contributed by atoms with Crippen LogP contribution in [0.25, 0.3) is 0 Å². The molecule has 1 nitrogen and oxygen atoms in total. The predicted octanol–water partition coefficient (Wildman–Crippen LogP) is 4.32. The first-order valence-electron chi connectivity index (χ1n) is 5.78. The van der Waals surface area contributed by atoms with Crippen LogP contribution in [0.15, 0.2) is 72.1 Å². The van der Waals surface area contributed by atoms with Crippen LogP contribution in [0.2, 0.25) is 0 Å². The Labute approximate surface area is 112 Å². The molecule has 90 valence electrons. The number of carbonyl (C=O) groups is 1. The zero-order valence-electron chi connectivity index (χ0n) is 9.95. The molecule has 0 saturated heterocycles. The number of ketones is 1. The molecule has 0 saturated carbocycles. The first-order chi connectivity index (χ1) is 8.86. The van der Waals surface area contributed by atoms with Crippen molar-refractivity contribution in [1.82, 2.24) is 0 Å². The van der Waals surface area contributed by atoms with E-state index in [4.69, 9.17) is 0 Å². The second-order valence-corrected chi connectivity index (χ2v) is 4.72. The molecular weight excluding hydrogens is 240 g/mol. The van der Waals surface area contributed by atoms with E-state index in [1.807, 2.05) is 53.9 Å². The number of rotatable bonds is 5. The van der Waals surface area contributed by atoms with Crippen LogP contribution in [-0.4, -0.2) is 5.78 Å². The first-order valence-corrected chi connectivity index (χ1v) is 6.82. The molecule has 0 aromatic heterocycles. The van der Waals surface area contributed by atoms with Crippen LogP contribution in [0.3, 0.4) is 0 Å². The number of allylic oxidation sites excluding steroid dienone is 1. The maximum absolute atomic E-state index is 11.8. The highest BCUT2D eigenvalue weighted by Gasteiger charge is 1.98. The molecule has 0 spiro atoms. The van der Waals surface area contributed by atoms with E-state index < -0.39 is 0 Å². The highest BCUT2D eigenvalue weighted by molar-refractivity contribution is 8.01. The highest BCUT2D eigenvalue weighted by atomic mass is 32.2. The molecule has 0 aliphatic carbocycles. The van der Waals surface area contributed by atoms with Crippen LogP contribution < -0.4 is 0 Å². The van der Waals surface area contributed by atoms with Gasteiger partial charge in [-0.3, -0.25) is 4.79 Å². The lowest BCUT2D eigenvalue weighted by Gasteiger charge is -1.96. The normalized spacial score (nSPS) is 10.7. The molecule has 2 rings (SSSR count). The highest BCUT2D eigenvalue weighted by Crippen LogP contribution is 2.13. The summed E-state index contributed by atoms with van der Waals surface area (Å²) in [7, 11) is 0. The zero-order valence-corrected chi connectivity index (χ0v) is 10.8. The van der Waals surface area contributed by atoms with Crippen LogP contribution in [0, 0.1) is 0 Å². The maximum atomic E-state index is 11.8. The van der Waals surface area contributed by atoms with Gasteiger partial charge in [-0.25, -0.2) is 0 Å². The monoisotopic (exact) mass is 254 g/mol. The van der Waals surface area contributed by atoms with Crippen molar-refractivity contribution in [2.24, 2.45) is 0 Å². The Bertz CT molecular complexity index is 517. The standard InChI is InChI=1S/C16H14OS/c17-16(15-9-5-2-6-10-15)11-12-18-13-14-7-3-1-4-8-14/h1-12H,13H2/b12-11+. The predicted molar refractivity (Wildman–Crippen MR) is 77.6 cm³/mol. The van der Waals surface area contributed by atoms with Gasteiger partial charge in [-0.05, 0) is 17.0 Å². The fourth-order valence-corrected chi connectivity index (χ4v) is 2.23. The summed E-state index contributed by atoms with van der Waals surface area (Å²) in [6.07, 6.45) is 1.63. The molecule has 0 heterocycles. The molecule has 0 bridgehead atoms. The van der Waals surface area contributed by atoms with Crippen molar-refractivity contribution in [3.8, 4) is 0 Å². The second kappa shape index (κ2) is 6.82. The van der Waals surface area contributed by atoms with Gasteiger partial charge >= 0.3 is 0 Å². The third kappa shape index (κ3) is 3.90. The summed E-state index contributed by atoms with van der Waals surface area (Å²) in [6.45, 7) is 0. The smallest absolute Gasteiger partial charge is 0.186 e. The molecule has 0 amide bonds. The van der Waals surface area contributed by atoms with Gasteiger partial charge in [-0.15, -0.1) is 11.8 Å². The Hall–Kier alpha value is -1.80. The van der Waals surface area contributed by atoms with Crippen molar-refractivity contribution in [3.63, 3.8) is 0 Å². The third-order valence-corrected chi connectivity index (χ3v) is 3.30. The van der Waals surface area contributed by atoms with Gasteiger partial charge in [-0.2, -0.15) is 0 Å². The van der Waals surface area contributed by atoms with Crippen molar-refractivity contribution in [1.29, 1.82) is 0 Å². The summed E-state index contributed by atoms with van der Waals surface area (Å²) >= 11 is 1.63. The zero-order chi connectivity index (χ0) is 12.6. The van der Waals surface area contributed by atoms with Crippen molar-refractivity contribution >= 4 is 17.5 Å². The molecule has 0 fully saturated rings.